The highest BCUT2D eigenvalue weighted by Crippen LogP contribution is 2.23. The first-order valence-electron chi connectivity index (χ1n) is 6.20. The van der Waals surface area contributed by atoms with Crippen molar-refractivity contribution in [1.29, 1.82) is 0 Å². The zero-order valence-electron chi connectivity index (χ0n) is 10.9. The summed E-state index contributed by atoms with van der Waals surface area (Å²) in [6.45, 7) is 0.115. The predicted octanol–water partition coefficient (Wildman–Crippen LogP) is 3.89. The zero-order valence-corrected chi connectivity index (χ0v) is 12.4. The largest absolute Gasteiger partial charge is 0.455 e. The van der Waals surface area contributed by atoms with Crippen LogP contribution in [0.5, 0.6) is 0 Å². The molecule has 0 radical (unpaired) electrons. The van der Waals surface area contributed by atoms with Crippen LogP contribution < -0.4 is 5.73 Å². The van der Waals surface area contributed by atoms with Crippen molar-refractivity contribution in [2.75, 3.05) is 5.73 Å². The molecule has 4 nitrogen and oxygen atoms in total. The molecule has 0 spiro atoms. The Labute approximate surface area is 130 Å². The first-order chi connectivity index (χ1) is 10.1. The number of thiazole rings is 1. The van der Waals surface area contributed by atoms with Gasteiger partial charge in [0, 0.05) is 10.7 Å². The number of hydrogen-bond acceptors (Lipinski definition) is 5. The van der Waals surface area contributed by atoms with Gasteiger partial charge in [0.15, 0.2) is 0 Å². The van der Waals surface area contributed by atoms with Crippen molar-refractivity contribution in [1.82, 2.24) is 4.98 Å². The highest BCUT2D eigenvalue weighted by atomic mass is 35.5. The van der Waals surface area contributed by atoms with Crippen LogP contribution in [-0.4, -0.2) is 11.0 Å². The van der Waals surface area contributed by atoms with E-state index in [1.165, 1.54) is 17.4 Å². The second-order valence-electron chi connectivity index (χ2n) is 4.38. The molecule has 0 saturated carbocycles. The lowest BCUT2D eigenvalue weighted by Crippen LogP contribution is -2.08. The quantitative estimate of drug-likeness (QED) is 0.587. The Morgan fingerprint density at radius 3 is 2.90 bits per heavy atom. The van der Waals surface area contributed by atoms with Gasteiger partial charge < -0.3 is 10.5 Å². The van der Waals surface area contributed by atoms with E-state index in [0.717, 1.165) is 15.2 Å². The van der Waals surface area contributed by atoms with Crippen molar-refractivity contribution in [3.63, 3.8) is 0 Å². The number of ether oxygens (including phenoxy) is 1. The minimum absolute atomic E-state index is 0.115. The first-order valence-corrected chi connectivity index (χ1v) is 7.39. The van der Waals surface area contributed by atoms with Gasteiger partial charge >= 0.3 is 5.97 Å². The highest BCUT2D eigenvalue weighted by molar-refractivity contribution is 7.18. The molecule has 0 aliphatic rings. The Hall–Kier alpha value is -2.11. The smallest absolute Gasteiger partial charge is 0.340 e. The van der Waals surface area contributed by atoms with E-state index in [1.807, 2.05) is 24.3 Å². The maximum absolute atomic E-state index is 12.0. The molecule has 1 heterocycles. The second-order valence-corrected chi connectivity index (χ2v) is 5.93. The van der Waals surface area contributed by atoms with E-state index in [2.05, 4.69) is 4.98 Å². The molecule has 6 heteroatoms. The molecule has 0 atom stereocenters. The van der Waals surface area contributed by atoms with E-state index >= 15 is 0 Å². The van der Waals surface area contributed by atoms with Crippen molar-refractivity contribution in [2.45, 2.75) is 6.61 Å². The lowest BCUT2D eigenvalue weighted by atomic mass is 10.2. The SMILES string of the molecule is Nc1ccc(Cl)cc1C(=O)OCc1nc2ccccc2s1. The Morgan fingerprint density at radius 2 is 2.10 bits per heavy atom. The summed E-state index contributed by atoms with van der Waals surface area (Å²) in [5, 5.41) is 1.18. The molecule has 2 aromatic carbocycles. The topological polar surface area (TPSA) is 65.2 Å². The van der Waals surface area contributed by atoms with Crippen LogP contribution >= 0.6 is 22.9 Å². The van der Waals surface area contributed by atoms with Gasteiger partial charge in [-0.1, -0.05) is 23.7 Å². The van der Waals surface area contributed by atoms with Gasteiger partial charge in [-0.2, -0.15) is 0 Å². The molecule has 0 aliphatic carbocycles. The molecule has 2 N–H and O–H groups in total. The summed E-state index contributed by atoms with van der Waals surface area (Å²) < 4.78 is 6.31. The molecule has 21 heavy (non-hydrogen) atoms. The average molecular weight is 319 g/mol. The van der Waals surface area contributed by atoms with Crippen LogP contribution in [0.2, 0.25) is 5.02 Å². The number of aromatic nitrogens is 1. The number of nitrogens with two attached hydrogens (primary N) is 1. The molecule has 0 aliphatic heterocycles. The summed E-state index contributed by atoms with van der Waals surface area (Å²) in [5.74, 6) is -0.505. The van der Waals surface area contributed by atoms with Crippen LogP contribution in [0.25, 0.3) is 10.2 Å². The summed E-state index contributed by atoms with van der Waals surface area (Å²) in [4.78, 5) is 16.4. The van der Waals surface area contributed by atoms with Crippen LogP contribution in [-0.2, 0) is 11.3 Å². The minimum atomic E-state index is -0.505. The number of para-hydroxylation sites is 1. The number of anilines is 1. The van der Waals surface area contributed by atoms with Gasteiger partial charge in [0.05, 0.1) is 15.8 Å². The fraction of sp³-hybridized carbons (Fsp3) is 0.0667. The Kier molecular flexibility index (Phi) is 3.77. The number of benzene rings is 2. The minimum Gasteiger partial charge on any atom is -0.455 e. The van der Waals surface area contributed by atoms with E-state index in [1.54, 1.807) is 12.1 Å². The molecule has 0 amide bonds. The van der Waals surface area contributed by atoms with E-state index in [4.69, 9.17) is 22.1 Å². The van der Waals surface area contributed by atoms with Crippen LogP contribution in [0.15, 0.2) is 42.5 Å². The summed E-state index contributed by atoms with van der Waals surface area (Å²) in [7, 11) is 0. The van der Waals surface area contributed by atoms with Gasteiger partial charge in [-0.05, 0) is 30.3 Å². The summed E-state index contributed by atoms with van der Waals surface area (Å²) in [6, 6.07) is 12.5. The molecular formula is C15H11ClN2O2S. The van der Waals surface area contributed by atoms with Gasteiger partial charge in [-0.25, -0.2) is 9.78 Å². The second kappa shape index (κ2) is 5.71. The standard InChI is InChI=1S/C15H11ClN2O2S/c16-9-5-6-11(17)10(7-9)15(19)20-8-14-18-12-3-1-2-4-13(12)21-14/h1-7H,8,17H2. The fourth-order valence-corrected chi connectivity index (χ4v) is 2.94. The van der Waals surface area contributed by atoms with E-state index in [-0.39, 0.29) is 12.2 Å². The maximum Gasteiger partial charge on any atom is 0.340 e. The number of nitrogens with zero attached hydrogens (tertiary/aromatic N) is 1. The van der Waals surface area contributed by atoms with Crippen molar-refractivity contribution < 1.29 is 9.53 Å². The van der Waals surface area contributed by atoms with Crippen LogP contribution in [0.1, 0.15) is 15.4 Å². The number of carbonyl (C=O) groups excluding carboxylic acids is 1. The van der Waals surface area contributed by atoms with Gasteiger partial charge in [0.2, 0.25) is 0 Å². The third-order valence-electron chi connectivity index (χ3n) is 2.90. The molecule has 0 saturated heterocycles. The van der Waals surface area contributed by atoms with Crippen LogP contribution in [0.3, 0.4) is 0 Å². The molecule has 3 rings (SSSR count). The van der Waals surface area contributed by atoms with Crippen molar-refractivity contribution >= 4 is 44.8 Å². The molecule has 3 aromatic rings. The Morgan fingerprint density at radius 1 is 1.29 bits per heavy atom. The molecule has 106 valence electrons. The summed E-state index contributed by atoms with van der Waals surface area (Å²) >= 11 is 7.35. The Balaban J connectivity index is 1.74. The summed E-state index contributed by atoms with van der Waals surface area (Å²) in [5.41, 5.74) is 7.26. The van der Waals surface area contributed by atoms with Crippen LogP contribution in [0.4, 0.5) is 5.69 Å². The summed E-state index contributed by atoms with van der Waals surface area (Å²) in [6.07, 6.45) is 0. The lowest BCUT2D eigenvalue weighted by molar-refractivity contribution is 0.0474. The molecular weight excluding hydrogens is 308 g/mol. The van der Waals surface area contributed by atoms with E-state index < -0.39 is 5.97 Å². The number of fused-ring (bicyclic) bond motifs is 1. The first kappa shape index (κ1) is 13.9. The van der Waals surface area contributed by atoms with Crippen molar-refractivity contribution in [3.05, 3.63) is 58.1 Å². The molecule has 0 bridgehead atoms. The number of carbonyl (C=O) groups is 1. The number of rotatable bonds is 3. The van der Waals surface area contributed by atoms with Crippen LogP contribution in [0, 0.1) is 0 Å². The molecule has 1 aromatic heterocycles. The average Bonchev–Trinajstić information content (AvgIpc) is 2.90. The number of nitrogen functional groups attached to an aromatic ring is 1. The molecule has 0 unspecified atom stereocenters. The highest BCUT2D eigenvalue weighted by Gasteiger charge is 2.13. The van der Waals surface area contributed by atoms with Gasteiger partial charge in [0.25, 0.3) is 0 Å². The van der Waals surface area contributed by atoms with E-state index in [9.17, 15) is 4.79 Å². The Bertz CT molecular complexity index is 783. The number of hydrogen-bond donors (Lipinski definition) is 1. The predicted molar refractivity (Wildman–Crippen MR) is 84.6 cm³/mol. The monoisotopic (exact) mass is 318 g/mol. The molecule has 0 fully saturated rings. The number of esters is 1. The van der Waals surface area contributed by atoms with E-state index in [0.29, 0.717) is 10.7 Å². The fourth-order valence-electron chi connectivity index (χ4n) is 1.89. The number of halogens is 1. The van der Waals surface area contributed by atoms with Crippen molar-refractivity contribution in [3.8, 4) is 0 Å². The maximum atomic E-state index is 12.0. The third-order valence-corrected chi connectivity index (χ3v) is 4.15. The lowest BCUT2D eigenvalue weighted by Gasteiger charge is -2.05. The zero-order chi connectivity index (χ0) is 14.8. The van der Waals surface area contributed by atoms with Gasteiger partial charge in [-0.15, -0.1) is 11.3 Å². The third kappa shape index (κ3) is 2.99. The van der Waals surface area contributed by atoms with Gasteiger partial charge in [0.1, 0.15) is 11.6 Å². The van der Waals surface area contributed by atoms with Gasteiger partial charge in [-0.3, -0.25) is 0 Å². The van der Waals surface area contributed by atoms with Crippen molar-refractivity contribution in [2.24, 2.45) is 0 Å². The normalized spacial score (nSPS) is 10.7.